The molecule has 11 aromatic rings. The van der Waals surface area contributed by atoms with Crippen LogP contribution in [0.15, 0.2) is 158 Å². The molecule has 0 saturated carbocycles. The van der Waals surface area contributed by atoms with Gasteiger partial charge < -0.3 is 9.30 Å². The van der Waals surface area contributed by atoms with Gasteiger partial charge in [0, 0.05) is 53.1 Å². The van der Waals surface area contributed by atoms with Gasteiger partial charge >= 0.3 is 0 Å². The summed E-state index contributed by atoms with van der Waals surface area (Å²) in [6.07, 6.45) is 0. The molecule has 0 bridgehead atoms. The number of nitrogens with zero attached hydrogens (tertiary/aromatic N) is 2. The summed E-state index contributed by atoms with van der Waals surface area (Å²) in [5.41, 5.74) is 7.28. The first kappa shape index (κ1) is 25.3. The quantitative estimate of drug-likeness (QED) is 0.192. The number of aromatic nitrogens is 1. The van der Waals surface area contributed by atoms with Gasteiger partial charge in [-0.3, -0.25) is 0 Å². The number of hydrogen-bond donors (Lipinski definition) is 0. The van der Waals surface area contributed by atoms with Crippen LogP contribution in [0.2, 0.25) is 0 Å². The molecule has 2 nitrogen and oxygen atoms in total. The highest BCUT2D eigenvalue weighted by molar-refractivity contribution is 7.27. The van der Waals surface area contributed by atoms with Gasteiger partial charge in [0.15, 0.2) is 0 Å². The number of anilines is 3. The molecule has 11 rings (SSSR count). The maximum atomic E-state index is 2.57. The van der Waals surface area contributed by atoms with Crippen molar-refractivity contribution in [3.05, 3.63) is 158 Å². The second-order valence-corrected chi connectivity index (χ2v) is 13.5. The fourth-order valence-corrected chi connectivity index (χ4v) is 9.49. The minimum absolute atomic E-state index is 1.15. The normalized spacial score (nSPS) is 12.3. The molecule has 3 heterocycles. The van der Waals surface area contributed by atoms with Crippen molar-refractivity contribution in [2.75, 3.05) is 4.90 Å². The second kappa shape index (κ2) is 9.32. The third kappa shape index (κ3) is 3.34. The van der Waals surface area contributed by atoms with Crippen LogP contribution in [-0.2, 0) is 0 Å². The third-order valence-electron chi connectivity index (χ3n) is 10.0. The highest BCUT2D eigenvalue weighted by Crippen LogP contribution is 2.51. The van der Waals surface area contributed by atoms with Crippen molar-refractivity contribution >= 4 is 108 Å². The first-order valence-corrected chi connectivity index (χ1v) is 16.9. The van der Waals surface area contributed by atoms with E-state index in [1.165, 1.54) is 85.5 Å². The summed E-state index contributed by atoms with van der Waals surface area (Å²) in [6.45, 7) is 0. The number of fused-ring (bicyclic) bond motifs is 9. The smallest absolute Gasteiger partial charge is 0.0626 e. The molecule has 218 valence electrons. The van der Waals surface area contributed by atoms with E-state index in [0.717, 1.165) is 11.4 Å². The van der Waals surface area contributed by atoms with E-state index < -0.39 is 0 Å². The largest absolute Gasteiger partial charge is 0.310 e. The maximum Gasteiger partial charge on any atom is 0.0626 e. The molecule has 0 aliphatic heterocycles. The maximum absolute atomic E-state index is 2.57. The monoisotopic (exact) mass is 614 g/mol. The van der Waals surface area contributed by atoms with Crippen LogP contribution >= 0.6 is 11.3 Å². The summed E-state index contributed by atoms with van der Waals surface area (Å²) >= 11 is 1.93. The Balaban J connectivity index is 1.41. The van der Waals surface area contributed by atoms with Crippen LogP contribution in [0.4, 0.5) is 17.1 Å². The van der Waals surface area contributed by atoms with Gasteiger partial charge in [0.05, 0.1) is 22.2 Å². The van der Waals surface area contributed by atoms with Crippen molar-refractivity contribution in [2.24, 2.45) is 0 Å². The highest BCUT2D eigenvalue weighted by atomic mass is 32.1. The first-order chi connectivity index (χ1) is 23.3. The van der Waals surface area contributed by atoms with Gasteiger partial charge in [0.25, 0.3) is 0 Å². The Morgan fingerprint density at radius 2 is 1.09 bits per heavy atom. The predicted molar refractivity (Wildman–Crippen MR) is 204 cm³/mol. The topological polar surface area (TPSA) is 7.65 Å². The van der Waals surface area contributed by atoms with Gasteiger partial charge in [0.2, 0.25) is 0 Å². The SMILES string of the molecule is c1ccc(N(c2ccccc2)c2cccc3cc4c5c(sc6cccc(c7cc8ccccc8c8c9ccccc9n4c78)c65)c23)cc1. The van der Waals surface area contributed by atoms with Crippen LogP contribution in [0.5, 0.6) is 0 Å². The Bertz CT molecular complexity index is 2970. The molecule has 0 atom stereocenters. The van der Waals surface area contributed by atoms with Crippen molar-refractivity contribution < 1.29 is 0 Å². The molecule has 3 aromatic heterocycles. The molecule has 0 amide bonds. The lowest BCUT2D eigenvalue weighted by molar-refractivity contribution is 1.30. The predicted octanol–water partition coefficient (Wildman–Crippen LogP) is 13.0. The van der Waals surface area contributed by atoms with Gasteiger partial charge in [-0.15, -0.1) is 11.3 Å². The fourth-order valence-electron chi connectivity index (χ4n) is 8.18. The summed E-state index contributed by atoms with van der Waals surface area (Å²) in [5.74, 6) is 0. The van der Waals surface area contributed by atoms with E-state index in [4.69, 9.17) is 0 Å². The van der Waals surface area contributed by atoms with E-state index in [0.29, 0.717) is 0 Å². The lowest BCUT2D eigenvalue weighted by atomic mass is 9.98. The Kier molecular flexibility index (Phi) is 5.02. The van der Waals surface area contributed by atoms with Gasteiger partial charge in [0.1, 0.15) is 0 Å². The molecule has 0 spiro atoms. The Morgan fingerprint density at radius 3 is 1.89 bits per heavy atom. The number of para-hydroxylation sites is 3. The fraction of sp³-hybridized carbons (Fsp3) is 0. The van der Waals surface area contributed by atoms with E-state index in [-0.39, 0.29) is 0 Å². The van der Waals surface area contributed by atoms with Gasteiger partial charge in [-0.2, -0.15) is 0 Å². The van der Waals surface area contributed by atoms with Crippen LogP contribution < -0.4 is 4.90 Å². The van der Waals surface area contributed by atoms with Crippen molar-refractivity contribution in [1.29, 1.82) is 0 Å². The van der Waals surface area contributed by atoms with E-state index in [9.17, 15) is 0 Å². The van der Waals surface area contributed by atoms with Crippen LogP contribution in [0.1, 0.15) is 0 Å². The van der Waals surface area contributed by atoms with Crippen LogP contribution in [0, 0.1) is 0 Å². The Morgan fingerprint density at radius 1 is 0.426 bits per heavy atom. The summed E-state index contributed by atoms with van der Waals surface area (Å²) in [5, 5.41) is 13.1. The molecule has 47 heavy (non-hydrogen) atoms. The zero-order valence-electron chi connectivity index (χ0n) is 25.3. The summed E-state index contributed by atoms with van der Waals surface area (Å²) in [6, 6.07) is 57.9. The lowest BCUT2D eigenvalue weighted by Gasteiger charge is -2.27. The summed E-state index contributed by atoms with van der Waals surface area (Å²) in [7, 11) is 0. The van der Waals surface area contributed by atoms with E-state index in [1.54, 1.807) is 0 Å². The minimum atomic E-state index is 1.15. The first-order valence-electron chi connectivity index (χ1n) is 16.1. The van der Waals surface area contributed by atoms with Gasteiger partial charge in [-0.25, -0.2) is 0 Å². The van der Waals surface area contributed by atoms with Crippen molar-refractivity contribution in [1.82, 2.24) is 4.40 Å². The van der Waals surface area contributed by atoms with E-state index in [1.807, 2.05) is 11.3 Å². The zero-order chi connectivity index (χ0) is 30.6. The average Bonchev–Trinajstić information content (AvgIpc) is 3.66. The molecule has 0 aliphatic carbocycles. The van der Waals surface area contributed by atoms with Gasteiger partial charge in [-0.1, -0.05) is 103 Å². The Labute approximate surface area is 274 Å². The standard InChI is InChI=1S/C44H26N2S/c1-3-15-29(16-4-1)45(30-17-5-2-6-18-30)36-23-11-14-28-26-37-42-41-32(21-12-24-38(41)47-44(42)39(28)36)34-25-27-13-7-8-19-31(27)40-33-20-9-10-22-35(33)46(37)43(34)40/h1-26H. The van der Waals surface area contributed by atoms with E-state index >= 15 is 0 Å². The van der Waals surface area contributed by atoms with E-state index in [2.05, 4.69) is 167 Å². The molecule has 0 radical (unpaired) electrons. The molecule has 0 aliphatic rings. The lowest BCUT2D eigenvalue weighted by Crippen LogP contribution is -2.10. The summed E-state index contributed by atoms with van der Waals surface area (Å²) < 4.78 is 5.22. The van der Waals surface area contributed by atoms with Crippen molar-refractivity contribution in [2.45, 2.75) is 0 Å². The number of thiophene rings is 1. The molecule has 0 saturated heterocycles. The number of rotatable bonds is 3. The number of benzene rings is 8. The summed E-state index contributed by atoms with van der Waals surface area (Å²) in [4.78, 5) is 2.41. The van der Waals surface area contributed by atoms with Crippen LogP contribution in [0.25, 0.3) is 79.8 Å². The van der Waals surface area contributed by atoms with Crippen LogP contribution in [0.3, 0.4) is 0 Å². The highest BCUT2D eigenvalue weighted by Gasteiger charge is 2.24. The molecule has 0 N–H and O–H groups in total. The number of hydrogen-bond acceptors (Lipinski definition) is 2. The molecule has 0 unspecified atom stereocenters. The molecular weight excluding hydrogens is 589 g/mol. The van der Waals surface area contributed by atoms with Gasteiger partial charge in [-0.05, 0) is 76.1 Å². The average molecular weight is 615 g/mol. The third-order valence-corrected chi connectivity index (χ3v) is 11.2. The molecule has 3 heteroatoms. The minimum Gasteiger partial charge on any atom is -0.310 e. The molecule has 8 aromatic carbocycles. The Hall–Kier alpha value is -5.90. The zero-order valence-corrected chi connectivity index (χ0v) is 26.1. The second-order valence-electron chi connectivity index (χ2n) is 12.5. The van der Waals surface area contributed by atoms with Crippen molar-refractivity contribution in [3.8, 4) is 0 Å². The molecular formula is C44H26N2S. The van der Waals surface area contributed by atoms with Crippen molar-refractivity contribution in [3.63, 3.8) is 0 Å². The molecule has 0 fully saturated rings. The van der Waals surface area contributed by atoms with Crippen LogP contribution in [-0.4, -0.2) is 4.40 Å².